The molecule has 0 atom stereocenters. The van der Waals surface area contributed by atoms with Gasteiger partial charge in [-0.2, -0.15) is 4.98 Å². The van der Waals surface area contributed by atoms with Gasteiger partial charge in [0.05, 0.1) is 6.26 Å². The molecule has 1 fully saturated rings. The minimum absolute atomic E-state index is 0.162. The minimum atomic E-state index is -3.39. The number of pyridine rings is 1. The fraction of sp³-hybridized carbons (Fsp3) is 0.267. The standard InChI is InChI=1S/C15H14ClN5O2S/c1-24(22,23)20-12-3-2-4-13(18-12)21-11(9-5-6-9)7-10-8-17-15(16)19-14(10)21/h2-4,7-9H,5-6H2,1H3,(H,18,20). The molecule has 4 rings (SSSR count). The van der Waals surface area contributed by atoms with Crippen LogP contribution in [0.15, 0.2) is 30.5 Å². The summed E-state index contributed by atoms with van der Waals surface area (Å²) in [6.07, 6.45) is 5.00. The Morgan fingerprint density at radius 2 is 2.08 bits per heavy atom. The molecule has 0 spiro atoms. The molecule has 0 aromatic carbocycles. The van der Waals surface area contributed by atoms with Crippen molar-refractivity contribution in [1.29, 1.82) is 0 Å². The average molecular weight is 364 g/mol. The fourth-order valence-electron chi connectivity index (χ4n) is 2.70. The first-order chi connectivity index (χ1) is 11.4. The molecular formula is C15H14ClN5O2S. The molecule has 24 heavy (non-hydrogen) atoms. The summed E-state index contributed by atoms with van der Waals surface area (Å²) in [5.74, 6) is 1.31. The summed E-state index contributed by atoms with van der Waals surface area (Å²) >= 11 is 5.95. The van der Waals surface area contributed by atoms with Gasteiger partial charge in [0.15, 0.2) is 5.65 Å². The maximum atomic E-state index is 11.4. The zero-order valence-corrected chi connectivity index (χ0v) is 14.3. The van der Waals surface area contributed by atoms with E-state index in [1.807, 2.05) is 16.7 Å². The summed E-state index contributed by atoms with van der Waals surface area (Å²) in [5.41, 5.74) is 1.76. The second-order valence-corrected chi connectivity index (χ2v) is 7.94. The molecule has 0 radical (unpaired) electrons. The van der Waals surface area contributed by atoms with E-state index in [1.54, 1.807) is 18.3 Å². The maximum Gasteiger partial charge on any atom is 0.230 e. The molecule has 0 aliphatic heterocycles. The normalized spacial score (nSPS) is 14.9. The highest BCUT2D eigenvalue weighted by molar-refractivity contribution is 7.92. The number of halogens is 1. The molecule has 9 heteroatoms. The zero-order chi connectivity index (χ0) is 16.9. The number of nitrogens with one attached hydrogen (secondary N) is 1. The van der Waals surface area contributed by atoms with Crippen molar-refractivity contribution < 1.29 is 8.42 Å². The molecular weight excluding hydrogens is 350 g/mol. The van der Waals surface area contributed by atoms with Crippen LogP contribution in [0.4, 0.5) is 5.82 Å². The van der Waals surface area contributed by atoms with Gasteiger partial charge in [-0.3, -0.25) is 9.29 Å². The van der Waals surface area contributed by atoms with E-state index in [-0.39, 0.29) is 11.1 Å². The van der Waals surface area contributed by atoms with Crippen LogP contribution in [0.2, 0.25) is 5.28 Å². The molecule has 0 saturated heterocycles. The molecule has 124 valence electrons. The smallest absolute Gasteiger partial charge is 0.230 e. The van der Waals surface area contributed by atoms with E-state index in [9.17, 15) is 8.42 Å². The van der Waals surface area contributed by atoms with E-state index in [1.165, 1.54) is 0 Å². The van der Waals surface area contributed by atoms with Gasteiger partial charge in [-0.25, -0.2) is 18.4 Å². The van der Waals surface area contributed by atoms with Crippen LogP contribution < -0.4 is 4.72 Å². The number of fused-ring (bicyclic) bond motifs is 1. The molecule has 3 aromatic rings. The van der Waals surface area contributed by atoms with Crippen molar-refractivity contribution in [2.24, 2.45) is 0 Å². The summed E-state index contributed by atoms with van der Waals surface area (Å²) in [6.45, 7) is 0. The third kappa shape index (κ3) is 2.94. The monoisotopic (exact) mass is 363 g/mol. The summed E-state index contributed by atoms with van der Waals surface area (Å²) in [4.78, 5) is 12.8. The molecule has 1 N–H and O–H groups in total. The second-order valence-electron chi connectivity index (χ2n) is 5.85. The van der Waals surface area contributed by atoms with Crippen molar-refractivity contribution >= 4 is 38.5 Å². The van der Waals surface area contributed by atoms with Crippen molar-refractivity contribution in [2.45, 2.75) is 18.8 Å². The highest BCUT2D eigenvalue weighted by Crippen LogP contribution is 2.43. The van der Waals surface area contributed by atoms with Crippen LogP contribution in [0.1, 0.15) is 24.5 Å². The van der Waals surface area contributed by atoms with Crippen molar-refractivity contribution in [3.63, 3.8) is 0 Å². The van der Waals surface area contributed by atoms with Crippen molar-refractivity contribution in [2.75, 3.05) is 11.0 Å². The first kappa shape index (κ1) is 15.3. The maximum absolute atomic E-state index is 11.4. The van der Waals surface area contributed by atoms with Gasteiger partial charge >= 0.3 is 0 Å². The molecule has 1 aliphatic rings. The highest BCUT2D eigenvalue weighted by atomic mass is 35.5. The second kappa shape index (κ2) is 5.42. The molecule has 1 saturated carbocycles. The number of hydrogen-bond acceptors (Lipinski definition) is 5. The van der Waals surface area contributed by atoms with E-state index in [0.717, 1.165) is 30.2 Å². The van der Waals surface area contributed by atoms with E-state index in [2.05, 4.69) is 19.7 Å². The molecule has 0 unspecified atom stereocenters. The van der Waals surface area contributed by atoms with Crippen LogP contribution in [0.25, 0.3) is 16.9 Å². The summed E-state index contributed by atoms with van der Waals surface area (Å²) in [6, 6.07) is 7.21. The molecule has 1 aliphatic carbocycles. The molecule has 0 bridgehead atoms. The van der Waals surface area contributed by atoms with Gasteiger partial charge < -0.3 is 0 Å². The van der Waals surface area contributed by atoms with Crippen LogP contribution in [0.3, 0.4) is 0 Å². The van der Waals surface area contributed by atoms with Gasteiger partial charge in [0.1, 0.15) is 11.6 Å². The minimum Gasteiger partial charge on any atom is -0.282 e. The van der Waals surface area contributed by atoms with Crippen LogP contribution in [-0.2, 0) is 10.0 Å². The van der Waals surface area contributed by atoms with Crippen LogP contribution >= 0.6 is 11.6 Å². The molecule has 3 heterocycles. The third-order valence-corrected chi connectivity index (χ3v) is 4.55. The molecule has 3 aromatic heterocycles. The SMILES string of the molecule is CS(=O)(=O)Nc1cccc(-n2c(C3CC3)cc3cnc(Cl)nc32)n1. The van der Waals surface area contributed by atoms with Gasteiger partial charge in [-0.15, -0.1) is 0 Å². The Labute approximate surface area is 143 Å². The van der Waals surface area contributed by atoms with Gasteiger partial charge in [0.2, 0.25) is 15.3 Å². The molecule has 0 amide bonds. The number of anilines is 1. The van der Waals surface area contributed by atoms with E-state index in [0.29, 0.717) is 17.4 Å². The first-order valence-corrected chi connectivity index (χ1v) is 9.67. The topological polar surface area (TPSA) is 89.8 Å². The van der Waals surface area contributed by atoms with Crippen molar-refractivity contribution in [3.8, 4) is 5.82 Å². The lowest BCUT2D eigenvalue weighted by Crippen LogP contribution is -2.12. The van der Waals surface area contributed by atoms with E-state index in [4.69, 9.17) is 11.6 Å². The van der Waals surface area contributed by atoms with Gasteiger partial charge in [-0.1, -0.05) is 6.07 Å². The van der Waals surface area contributed by atoms with Crippen molar-refractivity contribution in [3.05, 3.63) is 41.4 Å². The summed E-state index contributed by atoms with van der Waals surface area (Å²) in [5, 5.41) is 1.04. The zero-order valence-electron chi connectivity index (χ0n) is 12.8. The quantitative estimate of drug-likeness (QED) is 0.720. The average Bonchev–Trinajstić information content (AvgIpc) is 3.27. The van der Waals surface area contributed by atoms with Crippen LogP contribution in [0.5, 0.6) is 0 Å². The lowest BCUT2D eigenvalue weighted by atomic mass is 10.3. The lowest BCUT2D eigenvalue weighted by molar-refractivity contribution is 0.606. The fourth-order valence-corrected chi connectivity index (χ4v) is 3.33. The predicted octanol–water partition coefficient (Wildman–Crippen LogP) is 2.72. The van der Waals surface area contributed by atoms with Crippen molar-refractivity contribution in [1.82, 2.24) is 19.5 Å². The van der Waals surface area contributed by atoms with E-state index >= 15 is 0 Å². The van der Waals surface area contributed by atoms with Crippen LogP contribution in [-0.4, -0.2) is 34.2 Å². The van der Waals surface area contributed by atoms with E-state index < -0.39 is 10.0 Å². The number of sulfonamides is 1. The van der Waals surface area contributed by atoms with Gasteiger partial charge in [-0.05, 0) is 48.6 Å². The lowest BCUT2D eigenvalue weighted by Gasteiger charge is -2.11. The number of nitrogens with zero attached hydrogens (tertiary/aromatic N) is 4. The number of rotatable bonds is 4. The first-order valence-electron chi connectivity index (χ1n) is 7.40. The largest absolute Gasteiger partial charge is 0.282 e. The third-order valence-electron chi connectivity index (χ3n) is 3.79. The number of aromatic nitrogens is 4. The van der Waals surface area contributed by atoms with Gasteiger partial charge in [0, 0.05) is 17.3 Å². The highest BCUT2D eigenvalue weighted by Gasteiger charge is 2.29. The predicted molar refractivity (Wildman–Crippen MR) is 92.1 cm³/mol. The summed E-state index contributed by atoms with van der Waals surface area (Å²) < 4.78 is 27.2. The molecule has 7 nitrogen and oxygen atoms in total. The van der Waals surface area contributed by atoms with Gasteiger partial charge in [0.25, 0.3) is 0 Å². The Kier molecular flexibility index (Phi) is 3.47. The Morgan fingerprint density at radius 1 is 1.29 bits per heavy atom. The van der Waals surface area contributed by atoms with Crippen LogP contribution in [0, 0.1) is 0 Å². The Hall–Kier alpha value is -2.19. The Morgan fingerprint density at radius 3 is 2.79 bits per heavy atom. The number of hydrogen-bond donors (Lipinski definition) is 1. The Bertz CT molecular complexity index is 1040. The Balaban J connectivity index is 1.91. The summed E-state index contributed by atoms with van der Waals surface area (Å²) in [7, 11) is -3.39.